The molecule has 0 bridgehead atoms. The molecule has 9 nitrogen and oxygen atoms in total. The Kier molecular flexibility index (Phi) is 5.54. The molecule has 0 aliphatic carbocycles. The molecule has 3 rings (SSSR count). The standard InChI is InChI=1S/C17H15IN4O5/c18-14-6-5-12(21(24)25)11-13(14)17(23)20-9-7-19(8-10-20)15-3-1-2-4-16(15)22(26)27/h1-6,11H,7-10H2. The molecule has 0 atom stereocenters. The van der Waals surface area contributed by atoms with Crippen molar-refractivity contribution in [1.29, 1.82) is 0 Å². The lowest BCUT2D eigenvalue weighted by atomic mass is 10.1. The van der Waals surface area contributed by atoms with Crippen LogP contribution in [0.15, 0.2) is 42.5 Å². The highest BCUT2D eigenvalue weighted by molar-refractivity contribution is 14.1. The lowest BCUT2D eigenvalue weighted by molar-refractivity contribution is -0.384. The predicted octanol–water partition coefficient (Wildman–Crippen LogP) is 3.07. The van der Waals surface area contributed by atoms with E-state index in [1.807, 2.05) is 27.5 Å². The number of anilines is 1. The third kappa shape index (κ3) is 3.99. The van der Waals surface area contributed by atoms with Crippen LogP contribution in [0.25, 0.3) is 0 Å². The predicted molar refractivity (Wildman–Crippen MR) is 107 cm³/mol. The average Bonchev–Trinajstić information content (AvgIpc) is 2.67. The van der Waals surface area contributed by atoms with Gasteiger partial charge in [-0.15, -0.1) is 0 Å². The van der Waals surface area contributed by atoms with E-state index in [0.29, 0.717) is 41.0 Å². The summed E-state index contributed by atoms with van der Waals surface area (Å²) in [5.74, 6) is -0.273. The van der Waals surface area contributed by atoms with E-state index in [9.17, 15) is 25.0 Å². The first-order valence-corrected chi connectivity index (χ1v) is 9.18. The molecule has 0 unspecified atom stereocenters. The number of piperazine rings is 1. The minimum absolute atomic E-state index is 0.0329. The Morgan fingerprint density at radius 3 is 2.26 bits per heavy atom. The van der Waals surface area contributed by atoms with Crippen LogP contribution in [-0.4, -0.2) is 46.8 Å². The molecule has 0 aromatic heterocycles. The summed E-state index contributed by atoms with van der Waals surface area (Å²) in [6.45, 7) is 1.65. The Labute approximate surface area is 168 Å². The number of nitrogens with zero attached hydrogens (tertiary/aromatic N) is 4. The van der Waals surface area contributed by atoms with Crippen LogP contribution >= 0.6 is 22.6 Å². The van der Waals surface area contributed by atoms with Gasteiger partial charge in [-0.1, -0.05) is 12.1 Å². The average molecular weight is 482 g/mol. The van der Waals surface area contributed by atoms with Gasteiger partial charge in [0.1, 0.15) is 5.69 Å². The van der Waals surface area contributed by atoms with Crippen molar-refractivity contribution in [1.82, 2.24) is 4.90 Å². The molecule has 2 aromatic carbocycles. The molecular weight excluding hydrogens is 467 g/mol. The molecule has 0 saturated carbocycles. The second kappa shape index (κ2) is 7.86. The highest BCUT2D eigenvalue weighted by atomic mass is 127. The number of benzene rings is 2. The van der Waals surface area contributed by atoms with Gasteiger partial charge in [-0.3, -0.25) is 25.0 Å². The number of nitro benzene ring substituents is 2. The third-order valence-electron chi connectivity index (χ3n) is 4.38. The quantitative estimate of drug-likeness (QED) is 0.377. The van der Waals surface area contributed by atoms with Crippen LogP contribution in [0, 0.1) is 23.8 Å². The van der Waals surface area contributed by atoms with Crippen LogP contribution in [0.2, 0.25) is 0 Å². The number of carbonyl (C=O) groups is 1. The minimum Gasteiger partial charge on any atom is -0.362 e. The molecule has 0 radical (unpaired) electrons. The third-order valence-corrected chi connectivity index (χ3v) is 5.32. The number of para-hydroxylation sites is 2. The molecule has 27 heavy (non-hydrogen) atoms. The number of carbonyl (C=O) groups excluding carboxylic acids is 1. The largest absolute Gasteiger partial charge is 0.362 e. The van der Waals surface area contributed by atoms with Crippen molar-refractivity contribution >= 4 is 45.6 Å². The maximum atomic E-state index is 12.8. The molecule has 2 aromatic rings. The Balaban J connectivity index is 1.75. The van der Waals surface area contributed by atoms with Crippen LogP contribution in [-0.2, 0) is 0 Å². The fourth-order valence-electron chi connectivity index (χ4n) is 3.00. The van der Waals surface area contributed by atoms with Gasteiger partial charge in [0.15, 0.2) is 0 Å². The molecule has 1 aliphatic rings. The summed E-state index contributed by atoms with van der Waals surface area (Å²) >= 11 is 1.98. The van der Waals surface area contributed by atoms with Gasteiger partial charge < -0.3 is 9.80 Å². The first kappa shape index (κ1) is 19.0. The van der Waals surface area contributed by atoms with E-state index in [0.717, 1.165) is 0 Å². The van der Waals surface area contributed by atoms with Gasteiger partial charge in [0.2, 0.25) is 0 Å². The maximum absolute atomic E-state index is 12.8. The van der Waals surface area contributed by atoms with Crippen molar-refractivity contribution in [2.24, 2.45) is 0 Å². The van der Waals surface area contributed by atoms with E-state index in [1.54, 1.807) is 29.2 Å². The van der Waals surface area contributed by atoms with Gasteiger partial charge in [0.05, 0.1) is 15.4 Å². The van der Waals surface area contributed by atoms with Gasteiger partial charge >= 0.3 is 0 Å². The highest BCUT2D eigenvalue weighted by Gasteiger charge is 2.27. The Hall–Kier alpha value is -2.76. The van der Waals surface area contributed by atoms with Crippen LogP contribution in [0.3, 0.4) is 0 Å². The highest BCUT2D eigenvalue weighted by Crippen LogP contribution is 2.29. The first-order valence-electron chi connectivity index (χ1n) is 8.10. The second-order valence-electron chi connectivity index (χ2n) is 5.95. The molecule has 140 valence electrons. The van der Waals surface area contributed by atoms with Crippen LogP contribution in [0.4, 0.5) is 17.1 Å². The molecule has 1 saturated heterocycles. The fourth-order valence-corrected chi connectivity index (χ4v) is 3.56. The summed E-state index contributed by atoms with van der Waals surface area (Å²) in [5, 5.41) is 22.2. The van der Waals surface area contributed by atoms with E-state index in [-0.39, 0.29) is 17.3 Å². The summed E-state index contributed by atoms with van der Waals surface area (Å²) in [7, 11) is 0. The van der Waals surface area contributed by atoms with Gasteiger partial charge in [-0.2, -0.15) is 0 Å². The van der Waals surface area contributed by atoms with Gasteiger partial charge in [0.25, 0.3) is 17.3 Å². The number of hydrogen-bond donors (Lipinski definition) is 0. The zero-order valence-corrected chi connectivity index (χ0v) is 16.2. The van der Waals surface area contributed by atoms with Crippen LogP contribution in [0.5, 0.6) is 0 Å². The molecule has 1 fully saturated rings. The van der Waals surface area contributed by atoms with Crippen molar-refractivity contribution in [2.45, 2.75) is 0 Å². The Morgan fingerprint density at radius 2 is 1.63 bits per heavy atom. The molecule has 1 heterocycles. The summed E-state index contributed by atoms with van der Waals surface area (Å²) < 4.78 is 0.643. The van der Waals surface area contributed by atoms with Crippen molar-refractivity contribution in [3.8, 4) is 0 Å². The molecule has 1 aliphatic heterocycles. The monoisotopic (exact) mass is 482 g/mol. The normalized spacial score (nSPS) is 14.1. The SMILES string of the molecule is O=C(c1cc([N+](=O)[O-])ccc1I)N1CCN(c2ccccc2[N+](=O)[O-])CC1. The molecule has 0 spiro atoms. The lowest BCUT2D eigenvalue weighted by Crippen LogP contribution is -2.49. The molecule has 10 heteroatoms. The zero-order chi connectivity index (χ0) is 19.6. The number of halogens is 1. The summed E-state index contributed by atoms with van der Waals surface area (Å²) in [4.78, 5) is 37.5. The molecular formula is C17H15IN4O5. The number of amides is 1. The van der Waals surface area contributed by atoms with E-state index in [2.05, 4.69) is 0 Å². The van der Waals surface area contributed by atoms with Gasteiger partial charge in [-0.05, 0) is 34.7 Å². The number of hydrogen-bond acceptors (Lipinski definition) is 6. The summed E-state index contributed by atoms with van der Waals surface area (Å²) in [6, 6.07) is 10.7. The minimum atomic E-state index is -0.528. The number of nitro groups is 2. The van der Waals surface area contributed by atoms with Gasteiger partial charge in [-0.25, -0.2) is 0 Å². The Morgan fingerprint density at radius 1 is 0.963 bits per heavy atom. The smallest absolute Gasteiger partial charge is 0.292 e. The van der Waals surface area contributed by atoms with Crippen molar-refractivity contribution in [3.63, 3.8) is 0 Å². The van der Waals surface area contributed by atoms with E-state index >= 15 is 0 Å². The molecule has 0 N–H and O–H groups in total. The van der Waals surface area contributed by atoms with Crippen molar-refractivity contribution in [3.05, 3.63) is 71.8 Å². The summed E-state index contributed by atoms with van der Waals surface area (Å²) in [6.07, 6.45) is 0. The summed E-state index contributed by atoms with van der Waals surface area (Å²) in [5.41, 5.74) is 0.728. The van der Waals surface area contributed by atoms with E-state index in [4.69, 9.17) is 0 Å². The fraction of sp³-hybridized carbons (Fsp3) is 0.235. The number of rotatable bonds is 4. The Bertz CT molecular complexity index is 912. The van der Waals surface area contributed by atoms with Crippen molar-refractivity contribution in [2.75, 3.05) is 31.1 Å². The maximum Gasteiger partial charge on any atom is 0.292 e. The second-order valence-corrected chi connectivity index (χ2v) is 7.11. The topological polar surface area (TPSA) is 110 Å². The van der Waals surface area contributed by atoms with Crippen LogP contribution in [0.1, 0.15) is 10.4 Å². The van der Waals surface area contributed by atoms with Gasteiger partial charge in [0, 0.05) is 47.9 Å². The van der Waals surface area contributed by atoms with E-state index in [1.165, 1.54) is 18.2 Å². The zero-order valence-electron chi connectivity index (χ0n) is 14.1. The molecule has 1 amide bonds. The first-order chi connectivity index (χ1) is 12.9. The van der Waals surface area contributed by atoms with E-state index < -0.39 is 9.85 Å². The number of non-ortho nitro benzene ring substituents is 1. The lowest BCUT2D eigenvalue weighted by Gasteiger charge is -2.35. The van der Waals surface area contributed by atoms with Crippen LogP contribution < -0.4 is 4.90 Å². The van der Waals surface area contributed by atoms with Crippen molar-refractivity contribution < 1.29 is 14.6 Å².